The third-order valence-electron chi connectivity index (χ3n) is 2.00. The summed E-state index contributed by atoms with van der Waals surface area (Å²) in [5.74, 6) is -0.212. The molecule has 0 saturated heterocycles. The summed E-state index contributed by atoms with van der Waals surface area (Å²) in [6, 6.07) is 4.43. The molecule has 0 heterocycles. The van der Waals surface area contributed by atoms with Crippen molar-refractivity contribution in [2.45, 2.75) is 12.7 Å². The standard InChI is InChI=1S/C9H10F2N2O4/c10-9(11)17-8-4-2-1-3-6(8)7(12-14)5-13(15)16/h1-4,7,9,12,14H,5H2. The number of nitro groups is 1. The second-order valence-corrected chi connectivity index (χ2v) is 3.11. The Labute approximate surface area is 94.9 Å². The summed E-state index contributed by atoms with van der Waals surface area (Å²) in [5, 5.41) is 19.1. The van der Waals surface area contributed by atoms with Crippen molar-refractivity contribution >= 4 is 0 Å². The molecule has 0 saturated carbocycles. The molecule has 0 bridgehead atoms. The summed E-state index contributed by atoms with van der Waals surface area (Å²) < 4.78 is 28.4. The van der Waals surface area contributed by atoms with Crippen LogP contribution >= 0.6 is 0 Å². The topological polar surface area (TPSA) is 84.6 Å². The van der Waals surface area contributed by atoms with Gasteiger partial charge in [0, 0.05) is 10.5 Å². The molecule has 6 nitrogen and oxygen atoms in total. The smallest absolute Gasteiger partial charge is 0.387 e. The first kappa shape index (κ1) is 13.3. The molecule has 8 heteroatoms. The van der Waals surface area contributed by atoms with E-state index in [1.807, 2.05) is 0 Å². The van der Waals surface area contributed by atoms with Crippen LogP contribution in [0.15, 0.2) is 24.3 Å². The zero-order valence-corrected chi connectivity index (χ0v) is 8.55. The molecule has 0 aromatic heterocycles. The van der Waals surface area contributed by atoms with Crippen LogP contribution in [-0.2, 0) is 0 Å². The molecular weight excluding hydrogens is 238 g/mol. The van der Waals surface area contributed by atoms with Gasteiger partial charge < -0.3 is 9.94 Å². The van der Waals surface area contributed by atoms with Crippen molar-refractivity contribution in [3.8, 4) is 5.75 Å². The van der Waals surface area contributed by atoms with Crippen molar-refractivity contribution in [1.29, 1.82) is 0 Å². The van der Waals surface area contributed by atoms with Crippen LogP contribution in [0.3, 0.4) is 0 Å². The van der Waals surface area contributed by atoms with Gasteiger partial charge in [0.15, 0.2) is 0 Å². The van der Waals surface area contributed by atoms with E-state index in [9.17, 15) is 18.9 Å². The molecule has 1 aromatic rings. The predicted molar refractivity (Wildman–Crippen MR) is 52.6 cm³/mol. The molecule has 0 radical (unpaired) electrons. The molecule has 0 aliphatic rings. The van der Waals surface area contributed by atoms with Gasteiger partial charge in [-0.05, 0) is 6.07 Å². The van der Waals surface area contributed by atoms with Crippen LogP contribution in [0, 0.1) is 10.1 Å². The maximum Gasteiger partial charge on any atom is 0.387 e. The Morgan fingerprint density at radius 2 is 2.12 bits per heavy atom. The number of para-hydroxylation sites is 1. The molecule has 0 spiro atoms. The number of halogens is 2. The van der Waals surface area contributed by atoms with Crippen LogP contribution in [0.5, 0.6) is 5.75 Å². The number of benzene rings is 1. The number of nitrogens with one attached hydrogen (secondary N) is 1. The maximum atomic E-state index is 12.1. The molecule has 2 N–H and O–H groups in total. The molecule has 94 valence electrons. The van der Waals surface area contributed by atoms with Gasteiger partial charge >= 0.3 is 6.61 Å². The van der Waals surface area contributed by atoms with E-state index in [0.29, 0.717) is 0 Å². The lowest BCUT2D eigenvalue weighted by molar-refractivity contribution is -0.486. The van der Waals surface area contributed by atoms with Crippen molar-refractivity contribution in [2.24, 2.45) is 0 Å². The van der Waals surface area contributed by atoms with Crippen molar-refractivity contribution in [1.82, 2.24) is 5.48 Å². The van der Waals surface area contributed by atoms with Crippen molar-refractivity contribution < 1.29 is 23.6 Å². The van der Waals surface area contributed by atoms with Crippen LogP contribution in [0.2, 0.25) is 0 Å². The van der Waals surface area contributed by atoms with Gasteiger partial charge in [0.2, 0.25) is 6.54 Å². The van der Waals surface area contributed by atoms with Crippen LogP contribution < -0.4 is 10.2 Å². The fourth-order valence-corrected chi connectivity index (χ4v) is 1.33. The van der Waals surface area contributed by atoms with E-state index in [-0.39, 0.29) is 11.3 Å². The number of nitrogens with zero attached hydrogens (tertiary/aromatic N) is 1. The summed E-state index contributed by atoms with van der Waals surface area (Å²) >= 11 is 0. The third kappa shape index (κ3) is 3.93. The van der Waals surface area contributed by atoms with Crippen LogP contribution in [0.1, 0.15) is 11.6 Å². The van der Waals surface area contributed by atoms with Gasteiger partial charge in [0.1, 0.15) is 11.8 Å². The Hall–Kier alpha value is -1.80. The highest BCUT2D eigenvalue weighted by molar-refractivity contribution is 5.35. The SMILES string of the molecule is O=[N+]([O-])CC(NO)c1ccccc1OC(F)F. The van der Waals surface area contributed by atoms with E-state index in [1.165, 1.54) is 24.3 Å². The van der Waals surface area contributed by atoms with Gasteiger partial charge in [-0.15, -0.1) is 0 Å². The largest absolute Gasteiger partial charge is 0.434 e. The summed E-state index contributed by atoms with van der Waals surface area (Å²) in [6.45, 7) is -3.69. The Balaban J connectivity index is 2.96. The fourth-order valence-electron chi connectivity index (χ4n) is 1.33. The van der Waals surface area contributed by atoms with Gasteiger partial charge in [-0.1, -0.05) is 18.2 Å². The molecular formula is C9H10F2N2O4. The minimum absolute atomic E-state index is 0.0898. The highest BCUT2D eigenvalue weighted by Crippen LogP contribution is 2.26. The molecule has 0 fully saturated rings. The number of alkyl halides is 2. The minimum Gasteiger partial charge on any atom is -0.434 e. The van der Waals surface area contributed by atoms with E-state index < -0.39 is 24.1 Å². The van der Waals surface area contributed by atoms with Gasteiger partial charge in [-0.3, -0.25) is 10.1 Å². The zero-order chi connectivity index (χ0) is 12.8. The summed E-state index contributed by atoms with van der Waals surface area (Å²) in [5.41, 5.74) is 1.79. The first-order valence-corrected chi connectivity index (χ1v) is 4.59. The molecule has 1 aromatic carbocycles. The Bertz CT molecular complexity index is 389. The predicted octanol–water partition coefficient (Wildman–Crippen LogP) is 1.58. The van der Waals surface area contributed by atoms with Crippen molar-refractivity contribution in [2.75, 3.05) is 6.54 Å². The number of hydrogen-bond donors (Lipinski definition) is 2. The highest BCUT2D eigenvalue weighted by Gasteiger charge is 2.21. The molecule has 0 aliphatic carbocycles. The Morgan fingerprint density at radius 3 is 2.65 bits per heavy atom. The lowest BCUT2D eigenvalue weighted by atomic mass is 10.1. The molecule has 17 heavy (non-hydrogen) atoms. The van der Waals surface area contributed by atoms with Gasteiger partial charge in [0.05, 0.1) is 0 Å². The van der Waals surface area contributed by atoms with E-state index in [1.54, 1.807) is 5.48 Å². The maximum absolute atomic E-state index is 12.1. The summed E-state index contributed by atoms with van der Waals surface area (Å²) in [7, 11) is 0. The number of hydrogen-bond acceptors (Lipinski definition) is 5. The number of rotatable bonds is 6. The van der Waals surface area contributed by atoms with Crippen LogP contribution in [0.25, 0.3) is 0 Å². The summed E-state index contributed by atoms with van der Waals surface area (Å²) in [6.07, 6.45) is 0. The van der Waals surface area contributed by atoms with Crippen molar-refractivity contribution in [3.63, 3.8) is 0 Å². The van der Waals surface area contributed by atoms with Gasteiger partial charge in [-0.2, -0.15) is 14.3 Å². The first-order chi connectivity index (χ1) is 8.04. The second-order valence-electron chi connectivity index (χ2n) is 3.11. The lowest BCUT2D eigenvalue weighted by Gasteiger charge is -2.15. The zero-order valence-electron chi connectivity index (χ0n) is 8.55. The van der Waals surface area contributed by atoms with Gasteiger partial charge in [0.25, 0.3) is 0 Å². The molecule has 1 unspecified atom stereocenters. The first-order valence-electron chi connectivity index (χ1n) is 4.59. The van der Waals surface area contributed by atoms with Crippen molar-refractivity contribution in [3.05, 3.63) is 39.9 Å². The van der Waals surface area contributed by atoms with E-state index in [2.05, 4.69) is 4.74 Å². The quantitative estimate of drug-likeness (QED) is 0.589. The second kappa shape index (κ2) is 6.06. The normalized spacial score (nSPS) is 12.5. The number of hydroxylamine groups is 1. The lowest BCUT2D eigenvalue weighted by Crippen LogP contribution is -2.25. The Morgan fingerprint density at radius 1 is 1.47 bits per heavy atom. The monoisotopic (exact) mass is 248 g/mol. The minimum atomic E-state index is -3.04. The van der Waals surface area contributed by atoms with E-state index >= 15 is 0 Å². The fraction of sp³-hybridized carbons (Fsp3) is 0.333. The average Bonchev–Trinajstić information content (AvgIpc) is 2.26. The average molecular weight is 248 g/mol. The molecule has 0 amide bonds. The van der Waals surface area contributed by atoms with Crippen LogP contribution in [-0.4, -0.2) is 23.3 Å². The van der Waals surface area contributed by atoms with Crippen LogP contribution in [0.4, 0.5) is 8.78 Å². The molecule has 1 rings (SSSR count). The van der Waals surface area contributed by atoms with E-state index in [4.69, 9.17) is 5.21 Å². The molecule has 0 aliphatic heterocycles. The summed E-state index contributed by atoms with van der Waals surface area (Å²) in [4.78, 5) is 9.67. The highest BCUT2D eigenvalue weighted by atomic mass is 19.3. The van der Waals surface area contributed by atoms with E-state index in [0.717, 1.165) is 0 Å². The third-order valence-corrected chi connectivity index (χ3v) is 2.00. The Kier molecular flexibility index (Phi) is 4.73. The van der Waals surface area contributed by atoms with Gasteiger partial charge in [-0.25, -0.2) is 0 Å². The number of ether oxygens (including phenoxy) is 1. The molecule has 1 atom stereocenters.